The van der Waals surface area contributed by atoms with E-state index in [-0.39, 0.29) is 36.2 Å². The Labute approximate surface area is 179 Å². The smallest absolute Gasteiger partial charge is 0.248 e. The lowest BCUT2D eigenvalue weighted by atomic mass is 9.88. The molecule has 1 fully saturated rings. The second-order valence-corrected chi connectivity index (χ2v) is 8.68. The van der Waals surface area contributed by atoms with Crippen molar-refractivity contribution in [2.45, 2.75) is 39.3 Å². The van der Waals surface area contributed by atoms with Crippen LogP contribution in [-0.2, 0) is 16.1 Å². The molecule has 5 heteroatoms. The van der Waals surface area contributed by atoms with Crippen LogP contribution < -0.4 is 0 Å². The number of carbonyl (C=O) groups excluding carboxylic acids is 1. The van der Waals surface area contributed by atoms with Crippen molar-refractivity contribution in [2.24, 2.45) is 5.92 Å². The lowest BCUT2D eigenvalue weighted by Crippen LogP contribution is -2.43. The van der Waals surface area contributed by atoms with E-state index in [9.17, 15) is 9.18 Å². The number of amides is 1. The van der Waals surface area contributed by atoms with Gasteiger partial charge in [0.2, 0.25) is 5.91 Å². The van der Waals surface area contributed by atoms with E-state index in [0.29, 0.717) is 6.54 Å². The SMILES string of the molecule is COCC(=O)N(CC1CN(Cc2cccc(C)c2)CC1c1cccc(F)c1)C(C)C. The molecule has 0 aromatic heterocycles. The molecule has 162 valence electrons. The standard InChI is InChI=1S/C25H33FN2O2/c1-18(2)28(25(29)17-30-4)15-22-14-27(13-20-8-5-7-19(3)11-20)16-24(22)21-9-6-10-23(26)12-21/h5-12,18,22,24H,13-17H2,1-4H3. The highest BCUT2D eigenvalue weighted by Gasteiger charge is 2.36. The zero-order valence-electron chi connectivity index (χ0n) is 18.5. The molecule has 2 atom stereocenters. The van der Waals surface area contributed by atoms with Gasteiger partial charge in [0.1, 0.15) is 12.4 Å². The maximum absolute atomic E-state index is 14.0. The molecule has 1 amide bonds. The molecule has 1 saturated heterocycles. The molecule has 2 aromatic carbocycles. The Kier molecular flexibility index (Phi) is 7.62. The normalized spacial score (nSPS) is 19.4. The van der Waals surface area contributed by atoms with Crippen LogP contribution in [-0.4, -0.2) is 55.1 Å². The highest BCUT2D eigenvalue weighted by Crippen LogP contribution is 2.35. The van der Waals surface area contributed by atoms with E-state index >= 15 is 0 Å². The van der Waals surface area contributed by atoms with Crippen molar-refractivity contribution in [1.29, 1.82) is 0 Å². The maximum atomic E-state index is 14.0. The molecule has 1 aliphatic heterocycles. The molecule has 2 aromatic rings. The van der Waals surface area contributed by atoms with Crippen molar-refractivity contribution in [3.05, 3.63) is 71.0 Å². The van der Waals surface area contributed by atoms with Crippen LogP contribution >= 0.6 is 0 Å². The third-order valence-electron chi connectivity index (χ3n) is 5.92. The summed E-state index contributed by atoms with van der Waals surface area (Å²) in [6.45, 7) is 9.48. The highest BCUT2D eigenvalue weighted by atomic mass is 19.1. The molecular formula is C25H33FN2O2. The van der Waals surface area contributed by atoms with Crippen LogP contribution in [0.25, 0.3) is 0 Å². The largest absolute Gasteiger partial charge is 0.375 e. The summed E-state index contributed by atoms with van der Waals surface area (Å²) in [6.07, 6.45) is 0. The first-order valence-corrected chi connectivity index (χ1v) is 10.7. The first kappa shape index (κ1) is 22.4. The van der Waals surface area contributed by atoms with Crippen molar-refractivity contribution >= 4 is 5.91 Å². The molecule has 0 radical (unpaired) electrons. The molecule has 1 aliphatic rings. The molecule has 3 rings (SSSR count). The van der Waals surface area contributed by atoms with E-state index in [1.165, 1.54) is 17.2 Å². The second kappa shape index (κ2) is 10.2. The minimum atomic E-state index is -0.209. The summed E-state index contributed by atoms with van der Waals surface area (Å²) in [6, 6.07) is 15.6. The molecule has 0 bridgehead atoms. The van der Waals surface area contributed by atoms with Gasteiger partial charge in [0, 0.05) is 45.2 Å². The number of nitrogens with zero attached hydrogens (tertiary/aromatic N) is 2. The quantitative estimate of drug-likeness (QED) is 0.650. The maximum Gasteiger partial charge on any atom is 0.248 e. The van der Waals surface area contributed by atoms with E-state index in [0.717, 1.165) is 25.2 Å². The monoisotopic (exact) mass is 412 g/mol. The van der Waals surface area contributed by atoms with Crippen LogP contribution in [0.15, 0.2) is 48.5 Å². The second-order valence-electron chi connectivity index (χ2n) is 8.68. The summed E-state index contributed by atoms with van der Waals surface area (Å²) in [5.74, 6) is 0.212. The molecule has 2 unspecified atom stereocenters. The minimum Gasteiger partial charge on any atom is -0.375 e. The lowest BCUT2D eigenvalue weighted by molar-refractivity contribution is -0.137. The van der Waals surface area contributed by atoms with Gasteiger partial charge in [-0.15, -0.1) is 0 Å². The molecule has 0 N–H and O–H groups in total. The summed E-state index contributed by atoms with van der Waals surface area (Å²) in [5.41, 5.74) is 3.54. The lowest BCUT2D eigenvalue weighted by Gasteiger charge is -2.31. The number of ether oxygens (including phenoxy) is 1. The van der Waals surface area contributed by atoms with Crippen LogP contribution in [0.5, 0.6) is 0 Å². The van der Waals surface area contributed by atoms with Gasteiger partial charge in [0.05, 0.1) is 0 Å². The van der Waals surface area contributed by atoms with E-state index in [1.807, 2.05) is 24.8 Å². The average molecular weight is 413 g/mol. The number of benzene rings is 2. The van der Waals surface area contributed by atoms with Crippen LogP contribution in [0.3, 0.4) is 0 Å². The number of rotatable bonds is 8. The summed E-state index contributed by atoms with van der Waals surface area (Å²) < 4.78 is 19.0. The fourth-order valence-corrected chi connectivity index (χ4v) is 4.52. The van der Waals surface area contributed by atoms with Gasteiger partial charge in [-0.25, -0.2) is 4.39 Å². The topological polar surface area (TPSA) is 32.8 Å². The van der Waals surface area contributed by atoms with E-state index < -0.39 is 0 Å². The molecule has 0 aliphatic carbocycles. The van der Waals surface area contributed by atoms with Gasteiger partial charge >= 0.3 is 0 Å². The predicted molar refractivity (Wildman–Crippen MR) is 118 cm³/mol. The Morgan fingerprint density at radius 3 is 2.63 bits per heavy atom. The van der Waals surface area contributed by atoms with Crippen LogP contribution in [0.2, 0.25) is 0 Å². The Hall–Kier alpha value is -2.24. The van der Waals surface area contributed by atoms with Crippen molar-refractivity contribution < 1.29 is 13.9 Å². The number of hydrogen-bond donors (Lipinski definition) is 0. The fourth-order valence-electron chi connectivity index (χ4n) is 4.52. The molecule has 4 nitrogen and oxygen atoms in total. The van der Waals surface area contributed by atoms with E-state index in [4.69, 9.17) is 4.74 Å². The predicted octanol–water partition coefficient (Wildman–Crippen LogP) is 4.23. The van der Waals surface area contributed by atoms with Crippen molar-refractivity contribution in [1.82, 2.24) is 9.80 Å². The van der Waals surface area contributed by atoms with Crippen LogP contribution in [0.1, 0.15) is 36.5 Å². The van der Waals surface area contributed by atoms with E-state index in [1.54, 1.807) is 19.2 Å². The number of aryl methyl sites for hydroxylation is 1. The summed E-state index contributed by atoms with van der Waals surface area (Å²) in [7, 11) is 1.55. The molecule has 0 saturated carbocycles. The molecule has 0 spiro atoms. The van der Waals surface area contributed by atoms with Gasteiger partial charge in [-0.2, -0.15) is 0 Å². The first-order valence-electron chi connectivity index (χ1n) is 10.7. The van der Waals surface area contributed by atoms with E-state index in [2.05, 4.69) is 36.1 Å². The van der Waals surface area contributed by atoms with Gasteiger partial charge in [0.25, 0.3) is 0 Å². The summed E-state index contributed by atoms with van der Waals surface area (Å²) >= 11 is 0. The Bertz CT molecular complexity index is 855. The highest BCUT2D eigenvalue weighted by molar-refractivity contribution is 5.77. The zero-order chi connectivity index (χ0) is 21.7. The molecular weight excluding hydrogens is 379 g/mol. The van der Waals surface area contributed by atoms with Gasteiger partial charge in [-0.3, -0.25) is 9.69 Å². The molecule has 1 heterocycles. The average Bonchev–Trinajstić information content (AvgIpc) is 3.08. The van der Waals surface area contributed by atoms with Crippen LogP contribution in [0, 0.1) is 18.7 Å². The minimum absolute atomic E-state index is 0.00243. The van der Waals surface area contributed by atoms with Crippen molar-refractivity contribution in [3.63, 3.8) is 0 Å². The molecule has 30 heavy (non-hydrogen) atoms. The number of carbonyl (C=O) groups is 1. The fraction of sp³-hybridized carbons (Fsp3) is 0.480. The van der Waals surface area contributed by atoms with Gasteiger partial charge < -0.3 is 9.64 Å². The Balaban J connectivity index is 1.82. The van der Waals surface area contributed by atoms with Gasteiger partial charge in [-0.05, 0) is 49.9 Å². The number of likely N-dealkylation sites (tertiary alicyclic amines) is 1. The Morgan fingerprint density at radius 2 is 1.97 bits per heavy atom. The summed E-state index contributed by atoms with van der Waals surface area (Å²) in [5, 5.41) is 0. The number of halogens is 1. The third-order valence-corrected chi connectivity index (χ3v) is 5.92. The van der Waals surface area contributed by atoms with Gasteiger partial charge in [0.15, 0.2) is 0 Å². The van der Waals surface area contributed by atoms with Crippen molar-refractivity contribution in [3.8, 4) is 0 Å². The van der Waals surface area contributed by atoms with Gasteiger partial charge in [-0.1, -0.05) is 42.0 Å². The summed E-state index contributed by atoms with van der Waals surface area (Å²) in [4.78, 5) is 16.9. The van der Waals surface area contributed by atoms with Crippen LogP contribution in [0.4, 0.5) is 4.39 Å². The first-order chi connectivity index (χ1) is 14.4. The number of methoxy groups -OCH3 is 1. The Morgan fingerprint density at radius 1 is 1.20 bits per heavy atom. The number of hydrogen-bond acceptors (Lipinski definition) is 3. The zero-order valence-corrected chi connectivity index (χ0v) is 18.5. The van der Waals surface area contributed by atoms with Crippen molar-refractivity contribution in [2.75, 3.05) is 33.4 Å². The third kappa shape index (κ3) is 5.67.